The van der Waals surface area contributed by atoms with E-state index in [1.165, 1.54) is 77.0 Å². The zero-order chi connectivity index (χ0) is 45.8. The highest BCUT2D eigenvalue weighted by molar-refractivity contribution is 5.71. The maximum atomic E-state index is 12.7. The van der Waals surface area contributed by atoms with E-state index in [1.807, 2.05) is 54.7 Å². The van der Waals surface area contributed by atoms with E-state index in [0.717, 1.165) is 89.9 Å². The van der Waals surface area contributed by atoms with Crippen molar-refractivity contribution >= 4 is 17.9 Å². The van der Waals surface area contributed by atoms with Gasteiger partial charge in [-0.1, -0.05) is 233 Å². The molecule has 1 unspecified atom stereocenters. The maximum Gasteiger partial charge on any atom is 0.306 e. The molecule has 0 rings (SSSR count). The van der Waals surface area contributed by atoms with Gasteiger partial charge in [0.2, 0.25) is 0 Å². The fraction of sp³-hybridized carbons (Fsp3) is 0.632. The Morgan fingerprint density at radius 2 is 0.714 bits per heavy atom. The van der Waals surface area contributed by atoms with Gasteiger partial charge in [-0.15, -0.1) is 0 Å². The first kappa shape index (κ1) is 59.1. The number of carbonyl (C=O) groups excluding carboxylic acids is 3. The molecule has 63 heavy (non-hydrogen) atoms. The highest BCUT2D eigenvalue weighted by Crippen LogP contribution is 2.14. The van der Waals surface area contributed by atoms with Gasteiger partial charge in [0.05, 0.1) is 0 Å². The Morgan fingerprint density at radius 1 is 0.349 bits per heavy atom. The van der Waals surface area contributed by atoms with Crippen LogP contribution in [0.3, 0.4) is 0 Å². The summed E-state index contributed by atoms with van der Waals surface area (Å²) < 4.78 is 16.7. The number of hydrogen-bond donors (Lipinski definition) is 0. The Kier molecular flexibility index (Phi) is 47.5. The molecule has 0 aliphatic heterocycles. The number of rotatable bonds is 44. The van der Waals surface area contributed by atoms with Gasteiger partial charge in [0.25, 0.3) is 0 Å². The van der Waals surface area contributed by atoms with Gasteiger partial charge in [0.1, 0.15) is 13.2 Å². The van der Waals surface area contributed by atoms with Crippen LogP contribution >= 0.6 is 0 Å². The Morgan fingerprint density at radius 3 is 1.19 bits per heavy atom. The van der Waals surface area contributed by atoms with Crippen molar-refractivity contribution in [3.63, 3.8) is 0 Å². The van der Waals surface area contributed by atoms with Crippen molar-refractivity contribution in [3.05, 3.63) is 109 Å². The average molecular weight is 873 g/mol. The molecule has 0 aromatic rings. The Labute approximate surface area is 387 Å². The molecule has 0 aliphatic rings. The minimum atomic E-state index is -0.820. The van der Waals surface area contributed by atoms with Crippen molar-refractivity contribution in [3.8, 4) is 0 Å². The van der Waals surface area contributed by atoms with Crippen molar-refractivity contribution in [1.82, 2.24) is 0 Å². The zero-order valence-corrected chi connectivity index (χ0v) is 40.5. The maximum absolute atomic E-state index is 12.7. The van der Waals surface area contributed by atoms with Gasteiger partial charge in [0, 0.05) is 19.3 Å². The summed E-state index contributed by atoms with van der Waals surface area (Å²) >= 11 is 0. The van der Waals surface area contributed by atoms with Gasteiger partial charge in [0.15, 0.2) is 6.10 Å². The second-order valence-corrected chi connectivity index (χ2v) is 16.4. The molecule has 0 amide bonds. The molecule has 1 atom stereocenters. The third-order valence-corrected chi connectivity index (χ3v) is 10.4. The van der Waals surface area contributed by atoms with Crippen LogP contribution in [0.5, 0.6) is 0 Å². The monoisotopic (exact) mass is 873 g/mol. The summed E-state index contributed by atoms with van der Waals surface area (Å²) in [7, 11) is 0. The summed E-state index contributed by atoms with van der Waals surface area (Å²) in [5.74, 6) is -1.01. The van der Waals surface area contributed by atoms with E-state index < -0.39 is 6.10 Å². The molecule has 0 spiro atoms. The molecule has 0 bridgehead atoms. The Balaban J connectivity index is 4.48. The van der Waals surface area contributed by atoms with E-state index in [-0.39, 0.29) is 37.5 Å². The van der Waals surface area contributed by atoms with Crippen LogP contribution in [0.2, 0.25) is 0 Å². The number of ether oxygens (including phenoxy) is 3. The number of esters is 3. The molecular weight excluding hydrogens is 781 g/mol. The number of carbonyl (C=O) groups is 3. The van der Waals surface area contributed by atoms with Crippen molar-refractivity contribution in [2.75, 3.05) is 13.2 Å². The predicted octanol–water partition coefficient (Wildman–Crippen LogP) is 16.8. The molecule has 0 heterocycles. The molecule has 0 aromatic carbocycles. The van der Waals surface area contributed by atoms with Crippen molar-refractivity contribution in [1.29, 1.82) is 0 Å². The largest absolute Gasteiger partial charge is 0.462 e. The van der Waals surface area contributed by atoms with E-state index in [4.69, 9.17) is 14.2 Å². The lowest BCUT2D eigenvalue weighted by Crippen LogP contribution is -2.30. The van der Waals surface area contributed by atoms with Crippen LogP contribution in [0.15, 0.2) is 109 Å². The molecular formula is C57H92O6. The molecule has 6 nitrogen and oxygen atoms in total. The van der Waals surface area contributed by atoms with Crippen LogP contribution in [-0.2, 0) is 28.6 Å². The quantitative estimate of drug-likeness (QED) is 0.0199. The third-order valence-electron chi connectivity index (χ3n) is 10.4. The standard InChI is InChI=1S/C57H92O6/c1-4-7-10-13-16-19-22-25-26-27-28-29-30-33-35-38-41-44-47-50-56(59)62-53-54(63-57(60)51-48-45-42-39-36-32-24-21-18-15-12-9-6-3)52-61-55(58)49-46-43-40-37-34-31-23-20-17-14-11-8-5-2/h7,9-10,12,15-16,18-19,21,24-26,28-29,32,36,39,42,54H,4-6,8,11,13-14,17,20,22-23,27,30-31,33-35,37-38,40-41,43-53H2,1-3H3/b10-7-,12-9-,18-15-,19-16-,24-21-,26-25-,29-28-,36-32-,42-39-. The summed E-state index contributed by atoms with van der Waals surface area (Å²) in [4.78, 5) is 37.9. The van der Waals surface area contributed by atoms with E-state index in [9.17, 15) is 14.4 Å². The van der Waals surface area contributed by atoms with Crippen LogP contribution in [-0.4, -0.2) is 37.2 Å². The Hall–Kier alpha value is -3.93. The lowest BCUT2D eigenvalue weighted by Gasteiger charge is -2.18. The molecule has 0 N–H and O–H groups in total. The van der Waals surface area contributed by atoms with Crippen LogP contribution in [0.25, 0.3) is 0 Å². The van der Waals surface area contributed by atoms with Gasteiger partial charge < -0.3 is 14.2 Å². The summed E-state index contributed by atoms with van der Waals surface area (Å²) in [6.07, 6.45) is 67.9. The smallest absolute Gasteiger partial charge is 0.306 e. The summed E-state index contributed by atoms with van der Waals surface area (Å²) in [6, 6.07) is 0. The lowest BCUT2D eigenvalue weighted by molar-refractivity contribution is -0.167. The minimum absolute atomic E-state index is 0.112. The van der Waals surface area contributed by atoms with Gasteiger partial charge in [-0.3, -0.25) is 14.4 Å². The van der Waals surface area contributed by atoms with Crippen molar-refractivity contribution < 1.29 is 28.6 Å². The second-order valence-electron chi connectivity index (χ2n) is 16.4. The van der Waals surface area contributed by atoms with Gasteiger partial charge >= 0.3 is 17.9 Å². The Bertz CT molecular complexity index is 1330. The van der Waals surface area contributed by atoms with E-state index in [0.29, 0.717) is 19.3 Å². The van der Waals surface area contributed by atoms with E-state index >= 15 is 0 Å². The van der Waals surface area contributed by atoms with Crippen LogP contribution in [0, 0.1) is 0 Å². The highest BCUT2D eigenvalue weighted by atomic mass is 16.6. The SMILES string of the molecule is CC\C=C/C=C\C=C/C=C\C=C/CCCC(=O)OC(COC(=O)CCCCCCCC/C=C\C/C=C\C/C=C\C/C=C\CC)COC(=O)CCCCCCCCCCCCCCC. The van der Waals surface area contributed by atoms with E-state index in [2.05, 4.69) is 75.5 Å². The van der Waals surface area contributed by atoms with Crippen LogP contribution in [0.1, 0.15) is 213 Å². The van der Waals surface area contributed by atoms with Gasteiger partial charge in [-0.05, 0) is 70.6 Å². The highest BCUT2D eigenvalue weighted by Gasteiger charge is 2.19. The summed E-state index contributed by atoms with van der Waals surface area (Å²) in [5, 5.41) is 0. The van der Waals surface area contributed by atoms with Crippen LogP contribution in [0.4, 0.5) is 0 Å². The van der Waals surface area contributed by atoms with Crippen LogP contribution < -0.4 is 0 Å². The first-order valence-corrected chi connectivity index (χ1v) is 25.5. The topological polar surface area (TPSA) is 78.9 Å². The number of unbranched alkanes of at least 4 members (excludes halogenated alkanes) is 19. The number of allylic oxidation sites excluding steroid dienone is 18. The molecule has 0 aliphatic carbocycles. The molecule has 0 fully saturated rings. The van der Waals surface area contributed by atoms with Crippen molar-refractivity contribution in [2.45, 2.75) is 219 Å². The molecule has 0 aromatic heterocycles. The lowest BCUT2D eigenvalue weighted by atomic mass is 10.0. The molecule has 0 saturated carbocycles. The number of hydrogen-bond acceptors (Lipinski definition) is 6. The summed E-state index contributed by atoms with van der Waals surface area (Å²) in [5.41, 5.74) is 0. The first-order chi connectivity index (χ1) is 31.0. The van der Waals surface area contributed by atoms with E-state index in [1.54, 1.807) is 0 Å². The molecule has 6 heteroatoms. The van der Waals surface area contributed by atoms with Gasteiger partial charge in [-0.2, -0.15) is 0 Å². The van der Waals surface area contributed by atoms with Gasteiger partial charge in [-0.25, -0.2) is 0 Å². The molecule has 356 valence electrons. The molecule has 0 radical (unpaired) electrons. The average Bonchev–Trinajstić information content (AvgIpc) is 3.28. The fourth-order valence-electron chi connectivity index (χ4n) is 6.64. The summed E-state index contributed by atoms with van der Waals surface area (Å²) in [6.45, 7) is 6.29. The third kappa shape index (κ3) is 49.0. The molecule has 0 saturated heterocycles. The first-order valence-electron chi connectivity index (χ1n) is 25.5. The van der Waals surface area contributed by atoms with Crippen molar-refractivity contribution in [2.24, 2.45) is 0 Å². The normalized spacial score (nSPS) is 13.0. The second kappa shape index (κ2) is 50.7. The zero-order valence-electron chi connectivity index (χ0n) is 40.5. The fourth-order valence-corrected chi connectivity index (χ4v) is 6.64. The minimum Gasteiger partial charge on any atom is -0.462 e. The predicted molar refractivity (Wildman–Crippen MR) is 270 cm³/mol.